The van der Waals surface area contributed by atoms with Crippen LogP contribution >= 0.6 is 11.6 Å². The minimum atomic E-state index is 0.534. The summed E-state index contributed by atoms with van der Waals surface area (Å²) >= 11 is 6.32. The molecule has 1 aromatic rings. The number of rotatable bonds is 7. The van der Waals surface area contributed by atoms with Crippen molar-refractivity contribution in [3.8, 4) is 0 Å². The van der Waals surface area contributed by atoms with Crippen molar-refractivity contribution in [1.82, 2.24) is 4.90 Å². The van der Waals surface area contributed by atoms with Gasteiger partial charge in [-0.25, -0.2) is 0 Å². The van der Waals surface area contributed by atoms with Crippen molar-refractivity contribution in [3.05, 3.63) is 28.8 Å². The third-order valence-electron chi connectivity index (χ3n) is 3.00. The van der Waals surface area contributed by atoms with Crippen LogP contribution in [0.25, 0.3) is 0 Å². The summed E-state index contributed by atoms with van der Waals surface area (Å²) in [5, 5.41) is 0.796. The van der Waals surface area contributed by atoms with E-state index in [1.807, 2.05) is 6.07 Å². The summed E-state index contributed by atoms with van der Waals surface area (Å²) < 4.78 is 0. The first-order chi connectivity index (χ1) is 8.58. The fourth-order valence-corrected chi connectivity index (χ4v) is 2.28. The van der Waals surface area contributed by atoms with Crippen LogP contribution in [0.5, 0.6) is 0 Å². The second-order valence-corrected chi connectivity index (χ2v) is 5.13. The van der Waals surface area contributed by atoms with Crippen molar-refractivity contribution in [2.45, 2.75) is 19.9 Å². The summed E-state index contributed by atoms with van der Waals surface area (Å²) in [5.41, 5.74) is 7.80. The summed E-state index contributed by atoms with van der Waals surface area (Å²) in [6, 6.07) is 6.09. The van der Waals surface area contributed by atoms with E-state index in [1.54, 1.807) is 0 Å². The van der Waals surface area contributed by atoms with Crippen molar-refractivity contribution < 1.29 is 0 Å². The monoisotopic (exact) mass is 269 g/mol. The zero-order valence-corrected chi connectivity index (χ0v) is 12.4. The molecule has 18 heavy (non-hydrogen) atoms. The molecule has 0 spiro atoms. The van der Waals surface area contributed by atoms with Gasteiger partial charge in [0.15, 0.2) is 0 Å². The highest BCUT2D eigenvalue weighted by atomic mass is 35.5. The molecule has 2 N–H and O–H groups in total. The van der Waals surface area contributed by atoms with E-state index in [9.17, 15) is 0 Å². The minimum Gasteiger partial charge on any atom is -0.371 e. The quantitative estimate of drug-likeness (QED) is 0.826. The van der Waals surface area contributed by atoms with Gasteiger partial charge in [0.05, 0.1) is 10.7 Å². The molecule has 0 bridgehead atoms. The van der Waals surface area contributed by atoms with E-state index in [-0.39, 0.29) is 0 Å². The molecule has 0 aliphatic heterocycles. The van der Waals surface area contributed by atoms with Crippen LogP contribution in [0.15, 0.2) is 18.2 Å². The lowest BCUT2D eigenvalue weighted by Gasteiger charge is -2.25. The van der Waals surface area contributed by atoms with Crippen molar-refractivity contribution >= 4 is 17.3 Å². The lowest BCUT2D eigenvalue weighted by Crippen LogP contribution is -2.27. The van der Waals surface area contributed by atoms with Gasteiger partial charge in [0.1, 0.15) is 0 Å². The van der Waals surface area contributed by atoms with Gasteiger partial charge in [0, 0.05) is 19.6 Å². The molecule has 0 fully saturated rings. The van der Waals surface area contributed by atoms with Crippen LogP contribution in [0.3, 0.4) is 0 Å². The molecule has 3 nitrogen and oxygen atoms in total. The molecule has 4 heteroatoms. The number of benzene rings is 1. The Bertz CT molecular complexity index is 366. The highest BCUT2D eigenvalue weighted by Crippen LogP contribution is 2.26. The van der Waals surface area contributed by atoms with Crippen LogP contribution < -0.4 is 10.6 Å². The van der Waals surface area contributed by atoms with Crippen LogP contribution in [0, 0.1) is 0 Å². The molecule has 0 heterocycles. The van der Waals surface area contributed by atoms with Crippen LogP contribution in [-0.2, 0) is 6.54 Å². The highest BCUT2D eigenvalue weighted by molar-refractivity contribution is 6.33. The van der Waals surface area contributed by atoms with Gasteiger partial charge in [-0.15, -0.1) is 0 Å². The van der Waals surface area contributed by atoms with Gasteiger partial charge < -0.3 is 15.5 Å². The maximum absolute atomic E-state index is 6.32. The van der Waals surface area contributed by atoms with Gasteiger partial charge in [-0.3, -0.25) is 0 Å². The van der Waals surface area contributed by atoms with Gasteiger partial charge in [-0.1, -0.05) is 17.7 Å². The zero-order chi connectivity index (χ0) is 13.5. The molecule has 0 radical (unpaired) electrons. The van der Waals surface area contributed by atoms with Crippen molar-refractivity contribution in [2.75, 3.05) is 38.6 Å². The summed E-state index contributed by atoms with van der Waals surface area (Å²) in [6.07, 6.45) is 1.13. The molecular weight excluding hydrogens is 246 g/mol. The second kappa shape index (κ2) is 7.62. The smallest absolute Gasteiger partial charge is 0.0642 e. The predicted molar refractivity (Wildman–Crippen MR) is 80.4 cm³/mol. The summed E-state index contributed by atoms with van der Waals surface area (Å²) in [6.45, 7) is 5.77. The number of hydrogen-bond donors (Lipinski definition) is 1. The number of hydrogen-bond acceptors (Lipinski definition) is 3. The van der Waals surface area contributed by atoms with Crippen molar-refractivity contribution in [1.29, 1.82) is 0 Å². The Morgan fingerprint density at radius 2 is 1.94 bits per heavy atom. The van der Waals surface area contributed by atoms with Crippen LogP contribution in [-0.4, -0.2) is 38.6 Å². The third kappa shape index (κ3) is 4.48. The lowest BCUT2D eigenvalue weighted by molar-refractivity contribution is 0.400. The Balaban J connectivity index is 2.69. The molecule has 0 aliphatic carbocycles. The Hall–Kier alpha value is -0.770. The Kier molecular flexibility index (Phi) is 6.47. The van der Waals surface area contributed by atoms with Crippen molar-refractivity contribution in [2.24, 2.45) is 5.73 Å². The van der Waals surface area contributed by atoms with Crippen LogP contribution in [0.4, 0.5) is 5.69 Å². The van der Waals surface area contributed by atoms with E-state index in [2.05, 4.69) is 43.0 Å². The second-order valence-electron chi connectivity index (χ2n) is 4.73. The largest absolute Gasteiger partial charge is 0.371 e. The molecule has 0 unspecified atom stereocenters. The van der Waals surface area contributed by atoms with E-state index in [0.29, 0.717) is 6.54 Å². The summed E-state index contributed by atoms with van der Waals surface area (Å²) in [5.74, 6) is 0. The van der Waals surface area contributed by atoms with E-state index < -0.39 is 0 Å². The summed E-state index contributed by atoms with van der Waals surface area (Å²) in [7, 11) is 4.19. The molecule has 1 rings (SSSR count). The molecule has 102 valence electrons. The first-order valence-corrected chi connectivity index (χ1v) is 6.84. The van der Waals surface area contributed by atoms with Gasteiger partial charge in [-0.2, -0.15) is 0 Å². The molecule has 0 aromatic heterocycles. The average molecular weight is 270 g/mol. The fraction of sp³-hybridized carbons (Fsp3) is 0.571. The molecular formula is C14H24ClN3. The van der Waals surface area contributed by atoms with Gasteiger partial charge in [0.25, 0.3) is 0 Å². The van der Waals surface area contributed by atoms with E-state index in [1.165, 1.54) is 0 Å². The maximum atomic E-state index is 6.32. The topological polar surface area (TPSA) is 32.5 Å². The van der Waals surface area contributed by atoms with Crippen molar-refractivity contribution in [3.63, 3.8) is 0 Å². The number of halogens is 1. The predicted octanol–water partition coefficient (Wildman–Crippen LogP) is 2.58. The molecule has 0 saturated heterocycles. The molecule has 0 atom stereocenters. The highest BCUT2D eigenvalue weighted by Gasteiger charge is 2.09. The maximum Gasteiger partial charge on any atom is 0.0642 e. The third-order valence-corrected chi connectivity index (χ3v) is 3.31. The van der Waals surface area contributed by atoms with Gasteiger partial charge in [0.2, 0.25) is 0 Å². The van der Waals surface area contributed by atoms with Crippen LogP contribution in [0.1, 0.15) is 18.9 Å². The molecule has 1 aromatic carbocycles. The average Bonchev–Trinajstić information content (AvgIpc) is 2.35. The van der Waals surface area contributed by atoms with E-state index >= 15 is 0 Å². The number of nitrogens with zero attached hydrogens (tertiary/aromatic N) is 2. The Labute approximate surface area is 116 Å². The minimum absolute atomic E-state index is 0.534. The first-order valence-electron chi connectivity index (χ1n) is 6.46. The Morgan fingerprint density at radius 3 is 2.44 bits per heavy atom. The Morgan fingerprint density at radius 1 is 1.22 bits per heavy atom. The van der Waals surface area contributed by atoms with Gasteiger partial charge >= 0.3 is 0 Å². The molecule has 0 amide bonds. The number of anilines is 1. The lowest BCUT2D eigenvalue weighted by atomic mass is 10.2. The van der Waals surface area contributed by atoms with Gasteiger partial charge in [-0.05, 0) is 51.7 Å². The standard InChI is InChI=1S/C14H24ClN3/c1-4-18(9-5-8-17(2)3)14-7-6-12(11-16)10-13(14)15/h6-7,10H,4-5,8-9,11,16H2,1-3H3. The first kappa shape index (κ1) is 15.3. The molecule has 0 aliphatic rings. The normalized spacial score (nSPS) is 11.0. The number of nitrogens with two attached hydrogens (primary N) is 1. The SMILES string of the molecule is CCN(CCCN(C)C)c1ccc(CN)cc1Cl. The zero-order valence-electron chi connectivity index (χ0n) is 11.6. The van der Waals surface area contributed by atoms with Crippen LogP contribution in [0.2, 0.25) is 5.02 Å². The van der Waals surface area contributed by atoms with E-state index in [4.69, 9.17) is 17.3 Å². The summed E-state index contributed by atoms with van der Waals surface area (Å²) in [4.78, 5) is 4.51. The van der Waals surface area contributed by atoms with E-state index in [0.717, 1.165) is 42.3 Å². The fourth-order valence-electron chi connectivity index (χ4n) is 1.96. The molecule has 0 saturated carbocycles.